The Hall–Kier alpha value is -3.14. The topological polar surface area (TPSA) is 58.2 Å². The molecule has 0 fully saturated rings. The first-order chi connectivity index (χ1) is 18.4. The molecule has 0 unspecified atom stereocenters. The summed E-state index contributed by atoms with van der Waals surface area (Å²) in [4.78, 5) is 24.7. The molecule has 0 radical (unpaired) electrons. The number of carbonyl (C=O) groups excluding carboxylic acids is 2. The quantitative estimate of drug-likeness (QED) is 0.263. The van der Waals surface area contributed by atoms with E-state index in [0.717, 1.165) is 31.3 Å². The number of hydrogen-bond donors (Lipinski definition) is 2. The van der Waals surface area contributed by atoms with E-state index >= 15 is 4.39 Å². The molecule has 2 amide bonds. The van der Waals surface area contributed by atoms with E-state index in [0.29, 0.717) is 6.07 Å². The third-order valence-electron chi connectivity index (χ3n) is 5.54. The van der Waals surface area contributed by atoms with Gasteiger partial charge in [0.2, 0.25) is 0 Å². The lowest BCUT2D eigenvalue weighted by Gasteiger charge is -2.31. The maximum absolute atomic E-state index is 15.3. The minimum absolute atomic E-state index is 0.141. The Balaban J connectivity index is 2.05. The lowest BCUT2D eigenvalue weighted by Crippen LogP contribution is -2.50. The molecular weight excluding hydrogens is 698 g/mol. The van der Waals surface area contributed by atoms with Gasteiger partial charge in [-0.15, -0.1) is 0 Å². The van der Waals surface area contributed by atoms with Crippen molar-refractivity contribution >= 4 is 49.4 Å². The molecule has 0 aliphatic carbocycles. The maximum atomic E-state index is 15.3. The smallest absolute Gasteiger partial charge is 0.355 e. The molecule has 3 aromatic rings. The van der Waals surface area contributed by atoms with Crippen molar-refractivity contribution in [1.82, 2.24) is 5.32 Å². The number of alkyl halides is 7. The molecule has 4 nitrogen and oxygen atoms in total. The second-order valence-electron chi connectivity index (χ2n) is 7.95. The molecule has 16 heteroatoms. The van der Waals surface area contributed by atoms with Gasteiger partial charge in [0.05, 0.1) is 11.3 Å². The van der Waals surface area contributed by atoms with Crippen LogP contribution in [0.4, 0.5) is 49.6 Å². The van der Waals surface area contributed by atoms with Gasteiger partial charge in [0.15, 0.2) is 0 Å². The molecule has 2 N–H and O–H groups in total. The fourth-order valence-corrected chi connectivity index (χ4v) is 4.95. The highest BCUT2D eigenvalue weighted by Gasteiger charge is 2.73. The first-order valence-electron chi connectivity index (χ1n) is 10.5. The standard InChI is InChI=1S/C24H12Br2F10N2O2/c1-37-21(40)16-15(27)6-5-11(18(16)29)10-3-2-4-12(17(10)28)20(39)38-19-13(25)7-9(8-14(19)26)22(30,23(31,32)33)24(34,35)36/h2-8H,1H3,(H,37,40)(H,38,39). The summed E-state index contributed by atoms with van der Waals surface area (Å²) < 4.78 is 136. The Morgan fingerprint density at radius 2 is 1.27 bits per heavy atom. The summed E-state index contributed by atoms with van der Waals surface area (Å²) in [6, 6.07) is 4.79. The van der Waals surface area contributed by atoms with Crippen molar-refractivity contribution in [2.24, 2.45) is 0 Å². The van der Waals surface area contributed by atoms with Crippen LogP contribution in [0.5, 0.6) is 0 Å². The predicted molar refractivity (Wildman–Crippen MR) is 130 cm³/mol. The van der Waals surface area contributed by atoms with E-state index in [1.165, 1.54) is 0 Å². The molecular formula is C24H12Br2F10N2O2. The van der Waals surface area contributed by atoms with Crippen molar-refractivity contribution in [1.29, 1.82) is 0 Å². The lowest BCUT2D eigenvalue weighted by molar-refractivity contribution is -0.348. The average Bonchev–Trinajstić information content (AvgIpc) is 2.84. The Morgan fingerprint density at radius 3 is 1.77 bits per heavy atom. The van der Waals surface area contributed by atoms with Gasteiger partial charge in [-0.25, -0.2) is 17.6 Å². The van der Waals surface area contributed by atoms with Crippen LogP contribution in [0.1, 0.15) is 26.3 Å². The van der Waals surface area contributed by atoms with Crippen molar-refractivity contribution in [3.8, 4) is 11.1 Å². The van der Waals surface area contributed by atoms with Crippen LogP contribution in [-0.4, -0.2) is 31.2 Å². The van der Waals surface area contributed by atoms with Gasteiger partial charge in [-0.3, -0.25) is 9.59 Å². The third-order valence-corrected chi connectivity index (χ3v) is 6.79. The summed E-state index contributed by atoms with van der Waals surface area (Å²) >= 11 is 5.35. The van der Waals surface area contributed by atoms with E-state index in [4.69, 9.17) is 0 Å². The summed E-state index contributed by atoms with van der Waals surface area (Å²) in [5, 5.41) is 4.08. The summed E-state index contributed by atoms with van der Waals surface area (Å²) in [6.07, 6.45) is -12.8. The molecule has 0 aliphatic rings. The van der Waals surface area contributed by atoms with Crippen LogP contribution in [0.25, 0.3) is 11.1 Å². The van der Waals surface area contributed by atoms with Gasteiger partial charge in [-0.2, -0.15) is 26.3 Å². The summed E-state index contributed by atoms with van der Waals surface area (Å²) in [5.41, 5.74) is -11.1. The molecule has 0 aliphatic heterocycles. The molecule has 0 bridgehead atoms. The fraction of sp³-hybridized carbons (Fsp3) is 0.167. The third kappa shape index (κ3) is 5.42. The van der Waals surface area contributed by atoms with E-state index < -0.39 is 89.7 Å². The molecule has 0 aromatic heterocycles. The Kier molecular flexibility index (Phi) is 8.65. The number of carbonyl (C=O) groups is 2. The molecule has 0 atom stereocenters. The van der Waals surface area contributed by atoms with E-state index in [-0.39, 0.29) is 12.1 Å². The number of halogens is 12. The van der Waals surface area contributed by atoms with Gasteiger partial charge in [-0.1, -0.05) is 12.1 Å². The molecule has 3 rings (SSSR count). The first kappa shape index (κ1) is 31.4. The van der Waals surface area contributed by atoms with Crippen molar-refractivity contribution in [3.05, 3.63) is 85.6 Å². The molecule has 0 heterocycles. The van der Waals surface area contributed by atoms with Crippen molar-refractivity contribution in [2.75, 3.05) is 12.4 Å². The van der Waals surface area contributed by atoms with Crippen LogP contribution in [0.15, 0.2) is 51.4 Å². The highest BCUT2D eigenvalue weighted by atomic mass is 79.9. The molecule has 0 saturated carbocycles. The van der Waals surface area contributed by atoms with Crippen LogP contribution in [0.2, 0.25) is 0 Å². The van der Waals surface area contributed by atoms with Crippen LogP contribution >= 0.6 is 31.9 Å². The van der Waals surface area contributed by atoms with E-state index in [2.05, 4.69) is 37.2 Å². The van der Waals surface area contributed by atoms with Crippen LogP contribution in [-0.2, 0) is 5.67 Å². The zero-order chi connectivity index (χ0) is 30.4. The molecule has 214 valence electrons. The number of amides is 2. The van der Waals surface area contributed by atoms with Gasteiger partial charge in [0.25, 0.3) is 11.8 Å². The van der Waals surface area contributed by atoms with Crippen LogP contribution in [0.3, 0.4) is 0 Å². The normalized spacial score (nSPS) is 12.3. The second kappa shape index (κ2) is 11.0. The average molecular weight is 710 g/mol. The Morgan fingerprint density at radius 1 is 0.750 bits per heavy atom. The molecule has 3 aromatic carbocycles. The SMILES string of the molecule is CNC(=O)c1c(F)ccc(-c2cccc(C(=O)Nc3c(Br)cc(C(F)(C(F)(F)F)C(F)(F)F)cc3Br)c2F)c1F. The molecule has 0 saturated heterocycles. The van der Waals surface area contributed by atoms with Gasteiger partial charge < -0.3 is 10.6 Å². The van der Waals surface area contributed by atoms with Crippen LogP contribution in [0, 0.1) is 17.5 Å². The highest BCUT2D eigenvalue weighted by molar-refractivity contribution is 9.11. The van der Waals surface area contributed by atoms with E-state index in [9.17, 15) is 49.1 Å². The fourth-order valence-electron chi connectivity index (χ4n) is 3.57. The number of nitrogens with one attached hydrogen (secondary N) is 2. The van der Waals surface area contributed by atoms with Crippen molar-refractivity contribution in [2.45, 2.75) is 18.0 Å². The minimum atomic E-state index is -6.40. The Labute approximate surface area is 235 Å². The zero-order valence-electron chi connectivity index (χ0n) is 19.4. The van der Waals surface area contributed by atoms with Gasteiger partial charge in [-0.05, 0) is 62.2 Å². The number of rotatable bonds is 5. The number of anilines is 1. The molecule has 40 heavy (non-hydrogen) atoms. The van der Waals surface area contributed by atoms with Crippen molar-refractivity contribution < 1.29 is 53.5 Å². The highest BCUT2D eigenvalue weighted by Crippen LogP contribution is 2.54. The minimum Gasteiger partial charge on any atom is -0.355 e. The van der Waals surface area contributed by atoms with Gasteiger partial charge >= 0.3 is 18.0 Å². The Bertz CT molecular complexity index is 1470. The van der Waals surface area contributed by atoms with Gasteiger partial charge in [0.1, 0.15) is 23.0 Å². The predicted octanol–water partition coefficient (Wildman–Crippen LogP) is 8.20. The summed E-state index contributed by atoms with van der Waals surface area (Å²) in [5.74, 6) is -6.52. The zero-order valence-corrected chi connectivity index (χ0v) is 22.6. The molecule has 0 spiro atoms. The largest absolute Gasteiger partial charge is 0.435 e. The lowest BCUT2D eigenvalue weighted by atomic mass is 9.94. The second-order valence-corrected chi connectivity index (χ2v) is 9.66. The number of hydrogen-bond acceptors (Lipinski definition) is 2. The van der Waals surface area contributed by atoms with Gasteiger partial charge in [0, 0.05) is 32.7 Å². The monoisotopic (exact) mass is 708 g/mol. The van der Waals surface area contributed by atoms with Crippen LogP contribution < -0.4 is 10.6 Å². The van der Waals surface area contributed by atoms with E-state index in [1.54, 1.807) is 0 Å². The maximum Gasteiger partial charge on any atom is 0.435 e. The van der Waals surface area contributed by atoms with Crippen molar-refractivity contribution in [3.63, 3.8) is 0 Å². The first-order valence-corrected chi connectivity index (χ1v) is 12.1. The van der Waals surface area contributed by atoms with E-state index in [1.807, 2.05) is 5.32 Å². The summed E-state index contributed by atoms with van der Waals surface area (Å²) in [7, 11) is 1.10. The summed E-state index contributed by atoms with van der Waals surface area (Å²) in [6.45, 7) is 0. The number of benzene rings is 3.